The molecule has 0 amide bonds. The van der Waals surface area contributed by atoms with E-state index < -0.39 is 0 Å². The first-order valence-electron chi connectivity index (χ1n) is 9.01. The fraction of sp³-hybridized carbons (Fsp3) is 0.333. The van der Waals surface area contributed by atoms with Gasteiger partial charge in [-0.15, -0.1) is 0 Å². The van der Waals surface area contributed by atoms with E-state index in [0.717, 1.165) is 36.3 Å². The molecule has 3 rings (SSSR count). The van der Waals surface area contributed by atoms with Crippen molar-refractivity contribution in [1.29, 1.82) is 0 Å². The van der Waals surface area contributed by atoms with E-state index in [-0.39, 0.29) is 11.6 Å². The molecule has 1 heterocycles. The Morgan fingerprint density at radius 3 is 2.48 bits per heavy atom. The molecule has 0 bridgehead atoms. The average molecular weight is 335 g/mol. The molecule has 2 aromatic carbocycles. The lowest BCUT2D eigenvalue weighted by atomic mass is 10.1. The van der Waals surface area contributed by atoms with Gasteiger partial charge in [0, 0.05) is 0 Å². The summed E-state index contributed by atoms with van der Waals surface area (Å²) in [4.78, 5) is 18.0. The van der Waals surface area contributed by atoms with Crippen molar-refractivity contribution in [2.24, 2.45) is 0 Å². The zero-order chi connectivity index (χ0) is 17.6. The van der Waals surface area contributed by atoms with Gasteiger partial charge in [-0.2, -0.15) is 0 Å². The molecule has 1 aromatic heterocycles. The molecule has 0 saturated heterocycles. The van der Waals surface area contributed by atoms with Crippen LogP contribution in [0.15, 0.2) is 59.4 Å². The fourth-order valence-electron chi connectivity index (χ4n) is 3.11. The van der Waals surface area contributed by atoms with E-state index >= 15 is 0 Å². The Balaban J connectivity index is 2.14. The van der Waals surface area contributed by atoms with Crippen molar-refractivity contribution in [2.75, 3.05) is 6.54 Å². The lowest BCUT2D eigenvalue weighted by Crippen LogP contribution is -2.32. The molecule has 0 spiro atoms. The summed E-state index contributed by atoms with van der Waals surface area (Å²) >= 11 is 0. The second-order valence-corrected chi connectivity index (χ2v) is 6.28. The Bertz CT molecular complexity index is 887. The summed E-state index contributed by atoms with van der Waals surface area (Å²) in [5.41, 5.74) is 1.90. The number of nitrogens with one attached hydrogen (secondary N) is 1. The Hall–Kier alpha value is -2.46. The molecule has 0 saturated carbocycles. The second kappa shape index (κ2) is 8.08. The lowest BCUT2D eigenvalue weighted by molar-refractivity contribution is 0.467. The van der Waals surface area contributed by atoms with Crippen molar-refractivity contribution in [1.82, 2.24) is 14.9 Å². The van der Waals surface area contributed by atoms with Gasteiger partial charge in [0.25, 0.3) is 5.56 Å². The van der Waals surface area contributed by atoms with Crippen LogP contribution in [0.2, 0.25) is 0 Å². The van der Waals surface area contributed by atoms with Crippen LogP contribution in [0.4, 0.5) is 0 Å². The number of hydrogen-bond acceptors (Lipinski definition) is 3. The van der Waals surface area contributed by atoms with Gasteiger partial charge in [0.05, 0.1) is 23.5 Å². The Kier molecular flexibility index (Phi) is 5.61. The minimum Gasteiger partial charge on any atom is -0.307 e. The first-order valence-corrected chi connectivity index (χ1v) is 9.01. The van der Waals surface area contributed by atoms with Crippen LogP contribution in [0.25, 0.3) is 10.9 Å². The monoisotopic (exact) mass is 335 g/mol. The minimum absolute atomic E-state index is 0.0289. The fourth-order valence-corrected chi connectivity index (χ4v) is 3.11. The quantitative estimate of drug-likeness (QED) is 0.712. The van der Waals surface area contributed by atoms with Crippen molar-refractivity contribution in [3.63, 3.8) is 0 Å². The Morgan fingerprint density at radius 1 is 1.04 bits per heavy atom. The van der Waals surface area contributed by atoms with Gasteiger partial charge in [-0.25, -0.2) is 4.98 Å². The maximum Gasteiger partial charge on any atom is 0.261 e. The molecule has 0 radical (unpaired) electrons. The number of nitrogens with zero attached hydrogens (tertiary/aromatic N) is 2. The summed E-state index contributed by atoms with van der Waals surface area (Å²) < 4.78 is 1.83. The van der Waals surface area contributed by atoms with E-state index in [0.29, 0.717) is 11.9 Å². The standard InChI is InChI=1S/C21H25N3O/c1-3-14-22-18(4-2)20-23-19-13-9-8-12-17(19)21(25)24(20)15-16-10-6-5-7-11-16/h5-13,18,22H,3-4,14-15H2,1-2H3/t18-/m1/s1. The first-order chi connectivity index (χ1) is 12.2. The van der Waals surface area contributed by atoms with Gasteiger partial charge < -0.3 is 5.32 Å². The molecular weight excluding hydrogens is 310 g/mol. The third-order valence-electron chi connectivity index (χ3n) is 4.44. The van der Waals surface area contributed by atoms with Crippen molar-refractivity contribution >= 4 is 10.9 Å². The predicted octanol–water partition coefficient (Wildman–Crippen LogP) is 3.90. The molecule has 0 fully saturated rings. The molecule has 130 valence electrons. The van der Waals surface area contributed by atoms with E-state index in [4.69, 9.17) is 4.98 Å². The third kappa shape index (κ3) is 3.80. The molecule has 4 nitrogen and oxygen atoms in total. The highest BCUT2D eigenvalue weighted by molar-refractivity contribution is 5.77. The lowest BCUT2D eigenvalue weighted by Gasteiger charge is -2.21. The van der Waals surface area contributed by atoms with Gasteiger partial charge in [0.2, 0.25) is 0 Å². The van der Waals surface area contributed by atoms with Crippen molar-refractivity contribution in [2.45, 2.75) is 39.3 Å². The maximum atomic E-state index is 13.1. The van der Waals surface area contributed by atoms with Crippen LogP contribution in [0.1, 0.15) is 44.1 Å². The number of fused-ring (bicyclic) bond motifs is 1. The van der Waals surface area contributed by atoms with Crippen molar-refractivity contribution in [3.8, 4) is 0 Å². The molecule has 0 unspecified atom stereocenters. The average Bonchev–Trinajstić information content (AvgIpc) is 2.66. The maximum absolute atomic E-state index is 13.1. The van der Waals surface area contributed by atoms with Crippen LogP contribution in [0, 0.1) is 0 Å². The smallest absolute Gasteiger partial charge is 0.261 e. The molecule has 0 aliphatic carbocycles. The normalized spacial score (nSPS) is 12.4. The predicted molar refractivity (Wildman–Crippen MR) is 103 cm³/mol. The van der Waals surface area contributed by atoms with Gasteiger partial charge in [0.1, 0.15) is 5.82 Å². The van der Waals surface area contributed by atoms with Crippen LogP contribution >= 0.6 is 0 Å². The van der Waals surface area contributed by atoms with Crippen LogP contribution in [-0.4, -0.2) is 16.1 Å². The van der Waals surface area contributed by atoms with Crippen molar-refractivity contribution < 1.29 is 0 Å². The second-order valence-electron chi connectivity index (χ2n) is 6.28. The summed E-state index contributed by atoms with van der Waals surface area (Å²) in [5, 5.41) is 4.20. The number of hydrogen-bond donors (Lipinski definition) is 1. The van der Waals surface area contributed by atoms with E-state index in [9.17, 15) is 4.79 Å². The number of benzene rings is 2. The van der Waals surface area contributed by atoms with Gasteiger partial charge >= 0.3 is 0 Å². The molecule has 0 aliphatic rings. The third-order valence-corrected chi connectivity index (χ3v) is 4.44. The molecule has 1 atom stereocenters. The Morgan fingerprint density at radius 2 is 1.76 bits per heavy atom. The highest BCUT2D eigenvalue weighted by Gasteiger charge is 2.18. The number of para-hydroxylation sites is 1. The van der Waals surface area contributed by atoms with Gasteiger partial charge in [-0.05, 0) is 37.1 Å². The molecule has 1 N–H and O–H groups in total. The zero-order valence-corrected chi connectivity index (χ0v) is 14.9. The summed E-state index contributed by atoms with van der Waals surface area (Å²) in [6.45, 7) is 5.72. The molecule has 3 aromatic rings. The summed E-state index contributed by atoms with van der Waals surface area (Å²) in [6, 6.07) is 17.8. The van der Waals surface area contributed by atoms with Crippen LogP contribution in [0.3, 0.4) is 0 Å². The topological polar surface area (TPSA) is 46.9 Å². The zero-order valence-electron chi connectivity index (χ0n) is 14.9. The minimum atomic E-state index is 0.0289. The highest BCUT2D eigenvalue weighted by Crippen LogP contribution is 2.18. The van der Waals surface area contributed by atoms with Gasteiger partial charge in [-0.3, -0.25) is 9.36 Å². The highest BCUT2D eigenvalue weighted by atomic mass is 16.1. The first kappa shape index (κ1) is 17.4. The van der Waals surface area contributed by atoms with E-state index in [1.807, 2.05) is 59.2 Å². The molecular formula is C21H25N3O. The van der Waals surface area contributed by atoms with Crippen LogP contribution in [0.5, 0.6) is 0 Å². The van der Waals surface area contributed by atoms with Crippen LogP contribution in [-0.2, 0) is 6.54 Å². The van der Waals surface area contributed by atoms with E-state index in [1.165, 1.54) is 0 Å². The molecule has 0 aliphatic heterocycles. The van der Waals surface area contributed by atoms with Crippen LogP contribution < -0.4 is 10.9 Å². The summed E-state index contributed by atoms with van der Waals surface area (Å²) in [6.07, 6.45) is 1.94. The summed E-state index contributed by atoms with van der Waals surface area (Å²) in [7, 11) is 0. The van der Waals surface area contributed by atoms with E-state index in [1.54, 1.807) is 0 Å². The SMILES string of the molecule is CCCN[C@H](CC)c1nc2ccccc2c(=O)n1Cc1ccccc1. The molecule has 4 heteroatoms. The van der Waals surface area contributed by atoms with E-state index in [2.05, 4.69) is 19.2 Å². The van der Waals surface area contributed by atoms with Gasteiger partial charge in [0.15, 0.2) is 0 Å². The largest absolute Gasteiger partial charge is 0.307 e. The Labute approximate surface area is 148 Å². The summed E-state index contributed by atoms with van der Waals surface area (Å²) in [5.74, 6) is 0.823. The molecule has 25 heavy (non-hydrogen) atoms. The van der Waals surface area contributed by atoms with Gasteiger partial charge in [-0.1, -0.05) is 56.3 Å². The van der Waals surface area contributed by atoms with Crippen molar-refractivity contribution in [3.05, 3.63) is 76.3 Å². The number of rotatable bonds is 7. The number of aromatic nitrogens is 2.